The summed E-state index contributed by atoms with van der Waals surface area (Å²) in [5.74, 6) is 1.42. The van der Waals surface area contributed by atoms with E-state index < -0.39 is 0 Å². The number of piperidine rings is 2. The van der Waals surface area contributed by atoms with Crippen LogP contribution in [-0.2, 0) is 0 Å². The van der Waals surface area contributed by atoms with E-state index >= 15 is 0 Å². The molecule has 1 atom stereocenters. The lowest BCUT2D eigenvalue weighted by Crippen LogP contribution is -2.41. The Kier molecular flexibility index (Phi) is 5.39. The Bertz CT molecular complexity index is 1300. The Morgan fingerprint density at radius 3 is 2.82 bits per heavy atom. The van der Waals surface area contributed by atoms with E-state index in [1.54, 1.807) is 6.20 Å². The Morgan fingerprint density at radius 2 is 1.94 bits per heavy atom. The van der Waals surface area contributed by atoms with Crippen molar-refractivity contribution >= 4 is 22.9 Å². The van der Waals surface area contributed by atoms with Crippen molar-refractivity contribution in [3.63, 3.8) is 0 Å². The van der Waals surface area contributed by atoms with E-state index in [0.717, 1.165) is 63.2 Å². The topological polar surface area (TPSA) is 100 Å². The summed E-state index contributed by atoms with van der Waals surface area (Å²) >= 11 is 0. The third-order valence-corrected chi connectivity index (χ3v) is 7.61. The van der Waals surface area contributed by atoms with Crippen molar-refractivity contribution in [3.8, 4) is 0 Å². The van der Waals surface area contributed by atoms with Gasteiger partial charge in [-0.15, -0.1) is 0 Å². The van der Waals surface area contributed by atoms with Crippen LogP contribution in [0.1, 0.15) is 55.1 Å². The number of H-pyrrole nitrogens is 1. The van der Waals surface area contributed by atoms with Crippen molar-refractivity contribution < 1.29 is 4.79 Å². The molecule has 1 aliphatic carbocycles. The molecule has 5 heterocycles. The molecule has 2 fully saturated rings. The zero-order chi connectivity index (χ0) is 23.1. The van der Waals surface area contributed by atoms with Gasteiger partial charge in [-0.3, -0.25) is 14.3 Å². The standard InChI is InChI=1S/C25H29N7O2/c33-24(31-11-7-17-4-1-2-5-18(17)15-31)20-14-22(28-16-27-20)30-12-8-19(9-13-30)32-21-6-3-10-26-23(21)29-25(32)34/h3,5-6,10,14,16-17,19H,1-2,4,7-9,11-13,15H2,(H,26,29,34). The molecule has 34 heavy (non-hydrogen) atoms. The van der Waals surface area contributed by atoms with Gasteiger partial charge in [0.05, 0.1) is 5.52 Å². The van der Waals surface area contributed by atoms with Gasteiger partial charge in [0.25, 0.3) is 5.91 Å². The molecule has 0 aromatic carbocycles. The maximum atomic E-state index is 13.2. The van der Waals surface area contributed by atoms with Crippen molar-refractivity contribution in [3.05, 3.63) is 58.6 Å². The van der Waals surface area contributed by atoms with Crippen molar-refractivity contribution in [2.45, 2.75) is 44.6 Å². The highest BCUT2D eigenvalue weighted by atomic mass is 16.2. The van der Waals surface area contributed by atoms with Gasteiger partial charge in [-0.05, 0) is 56.6 Å². The lowest BCUT2D eigenvalue weighted by atomic mass is 9.82. The van der Waals surface area contributed by atoms with Gasteiger partial charge in [-0.1, -0.05) is 11.6 Å². The second-order valence-corrected chi connectivity index (χ2v) is 9.57. The lowest BCUT2D eigenvalue weighted by molar-refractivity contribution is 0.0724. The quantitative estimate of drug-likeness (QED) is 0.605. The number of aromatic nitrogens is 5. The molecular formula is C25H29N7O2. The Balaban J connectivity index is 1.15. The number of nitrogens with zero attached hydrogens (tertiary/aromatic N) is 6. The maximum Gasteiger partial charge on any atom is 0.327 e. The molecule has 9 heteroatoms. The zero-order valence-corrected chi connectivity index (χ0v) is 19.2. The number of rotatable bonds is 3. The minimum atomic E-state index is -0.112. The molecule has 1 N–H and O–H groups in total. The second-order valence-electron chi connectivity index (χ2n) is 9.57. The predicted octanol–water partition coefficient (Wildman–Crippen LogP) is 2.93. The van der Waals surface area contributed by atoms with Gasteiger partial charge in [0, 0.05) is 44.5 Å². The van der Waals surface area contributed by atoms with Crippen molar-refractivity contribution in [2.75, 3.05) is 31.1 Å². The molecule has 1 unspecified atom stereocenters. The van der Waals surface area contributed by atoms with Crippen LogP contribution in [0.5, 0.6) is 0 Å². The first-order valence-corrected chi connectivity index (χ1v) is 12.3. The number of pyridine rings is 1. The molecule has 2 aliphatic heterocycles. The van der Waals surface area contributed by atoms with E-state index in [2.05, 4.69) is 30.9 Å². The number of anilines is 1. The first-order chi connectivity index (χ1) is 16.7. The van der Waals surface area contributed by atoms with Crippen molar-refractivity contribution in [1.82, 2.24) is 29.4 Å². The fraction of sp³-hybridized carbons (Fsp3) is 0.480. The number of carbonyl (C=O) groups is 1. The molecule has 0 spiro atoms. The Hall–Kier alpha value is -3.49. The van der Waals surface area contributed by atoms with Gasteiger partial charge in [0.2, 0.25) is 0 Å². The van der Waals surface area contributed by atoms with Crippen LogP contribution in [-0.4, -0.2) is 61.5 Å². The third kappa shape index (κ3) is 3.78. The summed E-state index contributed by atoms with van der Waals surface area (Å²) in [6, 6.07) is 5.72. The van der Waals surface area contributed by atoms with E-state index in [1.807, 2.05) is 27.7 Å². The van der Waals surface area contributed by atoms with Crippen LogP contribution >= 0.6 is 0 Å². The van der Waals surface area contributed by atoms with Crippen LogP contribution in [0.15, 0.2) is 47.2 Å². The molecule has 3 aliphatic rings. The number of hydrogen-bond donors (Lipinski definition) is 1. The molecular weight excluding hydrogens is 430 g/mol. The monoisotopic (exact) mass is 459 g/mol. The first kappa shape index (κ1) is 21.1. The van der Waals surface area contributed by atoms with Gasteiger partial charge in [-0.25, -0.2) is 19.7 Å². The van der Waals surface area contributed by atoms with Gasteiger partial charge >= 0.3 is 5.69 Å². The van der Waals surface area contributed by atoms with E-state index in [1.165, 1.54) is 24.7 Å². The van der Waals surface area contributed by atoms with E-state index in [-0.39, 0.29) is 17.6 Å². The number of imidazole rings is 1. The number of aromatic amines is 1. The number of allylic oxidation sites excluding steroid dienone is 1. The molecule has 0 saturated carbocycles. The van der Waals surface area contributed by atoms with Gasteiger partial charge in [-0.2, -0.15) is 0 Å². The van der Waals surface area contributed by atoms with Crippen molar-refractivity contribution in [2.24, 2.45) is 5.92 Å². The number of carbonyl (C=O) groups excluding carboxylic acids is 1. The molecule has 176 valence electrons. The number of amides is 1. The summed E-state index contributed by atoms with van der Waals surface area (Å²) in [5.41, 5.74) is 3.24. The van der Waals surface area contributed by atoms with Crippen LogP contribution in [0.2, 0.25) is 0 Å². The van der Waals surface area contributed by atoms with E-state index in [0.29, 0.717) is 17.3 Å². The van der Waals surface area contributed by atoms with E-state index in [4.69, 9.17) is 0 Å². The number of fused-ring (bicyclic) bond motifs is 2. The van der Waals surface area contributed by atoms with Crippen LogP contribution in [0.3, 0.4) is 0 Å². The number of nitrogens with one attached hydrogen (secondary N) is 1. The smallest absolute Gasteiger partial charge is 0.327 e. The van der Waals surface area contributed by atoms with Gasteiger partial charge in [0.15, 0.2) is 5.65 Å². The summed E-state index contributed by atoms with van der Waals surface area (Å²) in [6.07, 6.45) is 11.8. The molecule has 9 nitrogen and oxygen atoms in total. The van der Waals surface area contributed by atoms with Gasteiger partial charge < -0.3 is 9.80 Å². The number of hydrogen-bond acceptors (Lipinski definition) is 6. The fourth-order valence-electron chi connectivity index (χ4n) is 5.78. The summed E-state index contributed by atoms with van der Waals surface area (Å²) in [5, 5.41) is 0. The summed E-state index contributed by atoms with van der Waals surface area (Å²) in [6.45, 7) is 3.03. The molecule has 6 rings (SSSR count). The minimum Gasteiger partial charge on any atom is -0.356 e. The molecule has 1 amide bonds. The van der Waals surface area contributed by atoms with Crippen LogP contribution in [0.4, 0.5) is 5.82 Å². The summed E-state index contributed by atoms with van der Waals surface area (Å²) in [4.78, 5) is 45.8. The lowest BCUT2D eigenvalue weighted by Gasteiger charge is -2.36. The second kappa shape index (κ2) is 8.70. The molecule has 3 aromatic heterocycles. The van der Waals surface area contributed by atoms with Crippen molar-refractivity contribution in [1.29, 1.82) is 0 Å². The largest absolute Gasteiger partial charge is 0.356 e. The Morgan fingerprint density at radius 1 is 1.06 bits per heavy atom. The molecule has 0 radical (unpaired) electrons. The third-order valence-electron chi connectivity index (χ3n) is 7.61. The zero-order valence-electron chi connectivity index (χ0n) is 19.2. The van der Waals surface area contributed by atoms with Crippen LogP contribution in [0.25, 0.3) is 11.2 Å². The highest BCUT2D eigenvalue weighted by molar-refractivity contribution is 5.93. The normalized spacial score (nSPS) is 21.4. The van der Waals surface area contributed by atoms with Crippen LogP contribution in [0, 0.1) is 5.92 Å². The van der Waals surface area contributed by atoms with Gasteiger partial charge in [0.1, 0.15) is 17.8 Å². The number of likely N-dealkylation sites (tertiary alicyclic amines) is 1. The summed E-state index contributed by atoms with van der Waals surface area (Å²) < 4.78 is 1.83. The average Bonchev–Trinajstić information content (AvgIpc) is 3.23. The highest BCUT2D eigenvalue weighted by Gasteiger charge is 2.30. The first-order valence-electron chi connectivity index (χ1n) is 12.3. The van der Waals surface area contributed by atoms with E-state index in [9.17, 15) is 9.59 Å². The predicted molar refractivity (Wildman–Crippen MR) is 129 cm³/mol. The Labute approximate surface area is 197 Å². The van der Waals surface area contributed by atoms with Crippen LogP contribution < -0.4 is 10.6 Å². The summed E-state index contributed by atoms with van der Waals surface area (Å²) in [7, 11) is 0. The minimum absolute atomic E-state index is 0.0127. The average molecular weight is 460 g/mol. The molecule has 3 aromatic rings. The fourth-order valence-corrected chi connectivity index (χ4v) is 5.78. The molecule has 0 bridgehead atoms. The maximum absolute atomic E-state index is 13.2. The SMILES string of the molecule is O=C(c1cc(N2CCC(n3c(=O)[nH]c4ncccc43)CC2)ncn1)N1CCC2CCCC=C2C1. The molecule has 2 saturated heterocycles. The highest BCUT2D eigenvalue weighted by Crippen LogP contribution is 2.32.